The van der Waals surface area contributed by atoms with E-state index < -0.39 is 5.56 Å². The van der Waals surface area contributed by atoms with Gasteiger partial charge in [0, 0.05) is 18.2 Å². The summed E-state index contributed by atoms with van der Waals surface area (Å²) in [4.78, 5) is 36.7. The summed E-state index contributed by atoms with van der Waals surface area (Å²) in [7, 11) is 0. The normalized spacial score (nSPS) is 10.4. The first-order chi connectivity index (χ1) is 13.8. The van der Waals surface area contributed by atoms with Gasteiger partial charge in [0.15, 0.2) is 0 Å². The number of anilines is 2. The zero-order chi connectivity index (χ0) is 21.0. The molecule has 0 aliphatic heterocycles. The molecule has 0 aliphatic rings. The van der Waals surface area contributed by atoms with Gasteiger partial charge >= 0.3 is 0 Å². The van der Waals surface area contributed by atoms with Crippen LogP contribution in [0.2, 0.25) is 0 Å². The molecule has 0 saturated heterocycles. The van der Waals surface area contributed by atoms with Gasteiger partial charge in [0.05, 0.1) is 5.69 Å². The highest BCUT2D eigenvalue weighted by Gasteiger charge is 2.14. The first kappa shape index (κ1) is 20.0. The van der Waals surface area contributed by atoms with Gasteiger partial charge in [-0.15, -0.1) is 0 Å². The second-order valence-corrected chi connectivity index (χ2v) is 6.82. The molecule has 0 aliphatic carbocycles. The molecule has 3 rings (SSSR count). The van der Waals surface area contributed by atoms with Crippen molar-refractivity contribution in [1.82, 2.24) is 9.78 Å². The molecule has 2 N–H and O–H groups in total. The number of nitrogens with zero attached hydrogens (tertiary/aromatic N) is 2. The predicted octanol–water partition coefficient (Wildman–Crippen LogP) is 3.12. The van der Waals surface area contributed by atoms with Crippen molar-refractivity contribution in [1.29, 1.82) is 0 Å². The van der Waals surface area contributed by atoms with E-state index in [-0.39, 0.29) is 24.0 Å². The Kier molecular flexibility index (Phi) is 5.87. The highest BCUT2D eigenvalue weighted by molar-refractivity contribution is 5.91. The Morgan fingerprint density at radius 3 is 2.31 bits per heavy atom. The summed E-state index contributed by atoms with van der Waals surface area (Å²) < 4.78 is 1.06. The summed E-state index contributed by atoms with van der Waals surface area (Å²) in [6.45, 7) is 4.89. The number of hydrogen-bond acceptors (Lipinski definition) is 4. The van der Waals surface area contributed by atoms with Crippen molar-refractivity contribution in [3.63, 3.8) is 0 Å². The number of aromatic nitrogens is 2. The van der Waals surface area contributed by atoms with E-state index in [9.17, 15) is 14.4 Å². The Labute approximate surface area is 168 Å². The monoisotopic (exact) mass is 390 g/mol. The summed E-state index contributed by atoms with van der Waals surface area (Å²) in [6, 6.07) is 16.5. The van der Waals surface area contributed by atoms with Gasteiger partial charge in [0.2, 0.25) is 11.8 Å². The molecule has 1 aromatic heterocycles. The average molecular weight is 390 g/mol. The van der Waals surface area contributed by atoms with Crippen molar-refractivity contribution < 1.29 is 9.59 Å². The number of hydrogen-bond donors (Lipinski definition) is 2. The number of carbonyl (C=O) groups excluding carboxylic acids is 2. The molecule has 0 unspecified atom stereocenters. The van der Waals surface area contributed by atoms with Crippen LogP contribution >= 0.6 is 0 Å². The van der Waals surface area contributed by atoms with E-state index in [1.807, 2.05) is 56.3 Å². The largest absolute Gasteiger partial charge is 0.324 e. The third-order valence-corrected chi connectivity index (χ3v) is 4.34. The maximum atomic E-state index is 12.7. The standard InChI is InChI=1S/C22H22N4O3/c1-14-8-10-17(11-9-14)19-12-20(23-16(3)27)22(29)26(25-19)13-21(28)24-18-7-5-4-6-15(18)2/h4-12H,13H2,1-3H3,(H,23,27)(H,24,28). The van der Waals surface area contributed by atoms with Gasteiger partial charge < -0.3 is 10.6 Å². The van der Waals surface area contributed by atoms with Crippen LogP contribution in [0, 0.1) is 13.8 Å². The number of nitrogens with one attached hydrogen (secondary N) is 2. The minimum atomic E-state index is -0.545. The van der Waals surface area contributed by atoms with Gasteiger partial charge in [-0.25, -0.2) is 4.68 Å². The quantitative estimate of drug-likeness (QED) is 0.700. The highest BCUT2D eigenvalue weighted by atomic mass is 16.2. The second-order valence-electron chi connectivity index (χ2n) is 6.82. The van der Waals surface area contributed by atoms with Crippen molar-refractivity contribution in [2.75, 3.05) is 10.6 Å². The Morgan fingerprint density at radius 2 is 1.66 bits per heavy atom. The molecule has 0 radical (unpaired) electrons. The molecule has 3 aromatic rings. The minimum Gasteiger partial charge on any atom is -0.324 e. The van der Waals surface area contributed by atoms with Gasteiger partial charge in [-0.3, -0.25) is 14.4 Å². The van der Waals surface area contributed by atoms with Crippen LogP contribution < -0.4 is 16.2 Å². The molecule has 0 spiro atoms. The molecule has 1 heterocycles. The fraction of sp³-hybridized carbons (Fsp3) is 0.182. The molecule has 29 heavy (non-hydrogen) atoms. The molecule has 148 valence electrons. The molecule has 0 bridgehead atoms. The van der Waals surface area contributed by atoms with Crippen LogP contribution in [0.1, 0.15) is 18.1 Å². The first-order valence-electron chi connectivity index (χ1n) is 9.16. The topological polar surface area (TPSA) is 93.1 Å². The summed E-state index contributed by atoms with van der Waals surface area (Å²) in [5.41, 5.74) is 3.45. The van der Waals surface area contributed by atoms with Crippen molar-refractivity contribution in [3.8, 4) is 11.3 Å². The SMILES string of the molecule is CC(=O)Nc1cc(-c2ccc(C)cc2)nn(CC(=O)Nc2ccccc2C)c1=O. The summed E-state index contributed by atoms with van der Waals surface area (Å²) in [6.07, 6.45) is 0. The van der Waals surface area contributed by atoms with Crippen LogP contribution in [-0.4, -0.2) is 21.6 Å². The van der Waals surface area contributed by atoms with Crippen LogP contribution in [0.4, 0.5) is 11.4 Å². The van der Waals surface area contributed by atoms with Crippen LogP contribution in [0.5, 0.6) is 0 Å². The fourth-order valence-corrected chi connectivity index (χ4v) is 2.83. The van der Waals surface area contributed by atoms with Gasteiger partial charge in [0.1, 0.15) is 12.2 Å². The molecule has 7 nitrogen and oxygen atoms in total. The van der Waals surface area contributed by atoms with E-state index in [0.29, 0.717) is 11.4 Å². The number of amides is 2. The second kappa shape index (κ2) is 8.52. The van der Waals surface area contributed by atoms with Crippen molar-refractivity contribution in [2.45, 2.75) is 27.3 Å². The number of para-hydroxylation sites is 1. The lowest BCUT2D eigenvalue weighted by atomic mass is 10.1. The highest BCUT2D eigenvalue weighted by Crippen LogP contribution is 2.19. The molecule has 0 atom stereocenters. The fourth-order valence-electron chi connectivity index (χ4n) is 2.83. The van der Waals surface area contributed by atoms with Gasteiger partial charge in [-0.2, -0.15) is 5.10 Å². The van der Waals surface area contributed by atoms with Crippen LogP contribution in [-0.2, 0) is 16.1 Å². The number of rotatable bonds is 5. The summed E-state index contributed by atoms with van der Waals surface area (Å²) in [5.74, 6) is -0.761. The van der Waals surface area contributed by atoms with Crippen LogP contribution in [0.3, 0.4) is 0 Å². The zero-order valence-corrected chi connectivity index (χ0v) is 16.5. The van der Waals surface area contributed by atoms with Crippen molar-refractivity contribution >= 4 is 23.2 Å². The molecule has 0 saturated carbocycles. The maximum absolute atomic E-state index is 12.7. The minimum absolute atomic E-state index is 0.0757. The average Bonchev–Trinajstić information content (AvgIpc) is 2.67. The van der Waals surface area contributed by atoms with Gasteiger partial charge in [-0.05, 0) is 31.5 Å². The summed E-state index contributed by atoms with van der Waals surface area (Å²) >= 11 is 0. The lowest BCUT2D eigenvalue weighted by molar-refractivity contribution is -0.117. The van der Waals surface area contributed by atoms with Crippen LogP contribution in [0.25, 0.3) is 11.3 Å². The third-order valence-electron chi connectivity index (χ3n) is 4.34. The maximum Gasteiger partial charge on any atom is 0.291 e. The molecule has 2 aromatic carbocycles. The molecule has 0 fully saturated rings. The molecule has 7 heteroatoms. The molecular weight excluding hydrogens is 368 g/mol. The van der Waals surface area contributed by atoms with E-state index in [4.69, 9.17) is 0 Å². The van der Waals surface area contributed by atoms with Gasteiger partial charge in [0.25, 0.3) is 5.56 Å². The molecular formula is C22H22N4O3. The van der Waals surface area contributed by atoms with E-state index >= 15 is 0 Å². The van der Waals surface area contributed by atoms with Gasteiger partial charge in [-0.1, -0.05) is 48.0 Å². The van der Waals surface area contributed by atoms with E-state index in [1.165, 1.54) is 13.0 Å². The zero-order valence-electron chi connectivity index (χ0n) is 16.5. The Balaban J connectivity index is 1.95. The predicted molar refractivity (Wildman–Crippen MR) is 113 cm³/mol. The van der Waals surface area contributed by atoms with E-state index in [1.54, 1.807) is 6.07 Å². The Hall–Kier alpha value is -3.74. The lowest BCUT2D eigenvalue weighted by Crippen LogP contribution is -2.32. The first-order valence-corrected chi connectivity index (χ1v) is 9.16. The Morgan fingerprint density at radius 1 is 0.966 bits per heavy atom. The number of aryl methyl sites for hydroxylation is 2. The van der Waals surface area contributed by atoms with E-state index in [0.717, 1.165) is 21.4 Å². The van der Waals surface area contributed by atoms with Crippen molar-refractivity contribution in [2.24, 2.45) is 0 Å². The number of benzene rings is 2. The smallest absolute Gasteiger partial charge is 0.291 e. The van der Waals surface area contributed by atoms with Crippen LogP contribution in [0.15, 0.2) is 59.4 Å². The lowest BCUT2D eigenvalue weighted by Gasteiger charge is -2.12. The third kappa shape index (κ3) is 4.95. The summed E-state index contributed by atoms with van der Waals surface area (Å²) in [5, 5.41) is 9.65. The molecule has 2 amide bonds. The Bertz CT molecular complexity index is 1120. The van der Waals surface area contributed by atoms with E-state index in [2.05, 4.69) is 15.7 Å². The van der Waals surface area contributed by atoms with Crippen molar-refractivity contribution in [3.05, 3.63) is 76.1 Å². The number of carbonyl (C=O) groups is 2.